The summed E-state index contributed by atoms with van der Waals surface area (Å²) in [4.78, 5) is 11.2. The molecule has 0 bridgehead atoms. The molecule has 1 aromatic rings. The molecule has 0 saturated heterocycles. The van der Waals surface area contributed by atoms with Gasteiger partial charge < -0.3 is 0 Å². The molecule has 2 rings (SSSR count). The van der Waals surface area contributed by atoms with E-state index >= 15 is 0 Å². The first-order chi connectivity index (χ1) is 9.42. The molecule has 0 unspecified atom stereocenters. The number of benzene rings is 1. The predicted octanol–water partition coefficient (Wildman–Crippen LogP) is 2.00. The zero-order chi connectivity index (χ0) is 14.8. The fourth-order valence-electron chi connectivity index (χ4n) is 2.10. The molecular weight excluding hydrogens is 300 g/mol. The van der Waals surface area contributed by atoms with Crippen LogP contribution in [-0.4, -0.2) is 20.2 Å². The minimum Gasteiger partial charge on any atom is -0.300 e. The molecule has 1 saturated carbocycles. The maximum absolute atomic E-state index is 12.2. The lowest BCUT2D eigenvalue weighted by Gasteiger charge is -2.22. The van der Waals surface area contributed by atoms with Gasteiger partial charge in [0, 0.05) is 18.9 Å². The number of rotatable bonds is 3. The molecule has 0 aromatic heterocycles. The van der Waals surface area contributed by atoms with Crippen molar-refractivity contribution in [2.45, 2.75) is 36.6 Å². The number of carbonyl (C=O) groups excluding carboxylic acids is 1. The lowest BCUT2D eigenvalue weighted by atomic mass is 9.95. The predicted molar refractivity (Wildman–Crippen MR) is 73.8 cm³/mol. The van der Waals surface area contributed by atoms with Gasteiger partial charge in [0.1, 0.15) is 11.9 Å². The molecule has 0 atom stereocenters. The van der Waals surface area contributed by atoms with E-state index in [0.717, 1.165) is 0 Å². The van der Waals surface area contributed by atoms with Gasteiger partial charge in [-0.25, -0.2) is 13.1 Å². The topological polar surface area (TPSA) is 87.0 Å². The molecule has 5 nitrogen and oxygen atoms in total. The highest BCUT2D eigenvalue weighted by Gasteiger charge is 2.24. The lowest BCUT2D eigenvalue weighted by molar-refractivity contribution is -0.120. The molecule has 0 amide bonds. The third-order valence-electron chi connectivity index (χ3n) is 3.24. The standard InChI is InChI=1S/C13H13ClN2O3S/c14-13-7-12(6-1-9(13)8-15)20(18,19)16-10-2-4-11(17)5-3-10/h1,6-7,10,16H,2-5H2. The number of nitrogens with one attached hydrogen (secondary N) is 1. The molecule has 0 aliphatic heterocycles. The smallest absolute Gasteiger partial charge is 0.240 e. The minimum absolute atomic E-state index is 0.0263. The largest absolute Gasteiger partial charge is 0.300 e. The molecule has 106 valence electrons. The number of nitrogens with zero attached hydrogens (tertiary/aromatic N) is 1. The quantitative estimate of drug-likeness (QED) is 0.924. The van der Waals surface area contributed by atoms with Crippen molar-refractivity contribution < 1.29 is 13.2 Å². The van der Waals surface area contributed by atoms with E-state index in [1.807, 2.05) is 6.07 Å². The summed E-state index contributed by atoms with van der Waals surface area (Å²) < 4.78 is 27.0. The average molecular weight is 313 g/mol. The Bertz CT molecular complexity index is 669. The molecule has 7 heteroatoms. The monoisotopic (exact) mass is 312 g/mol. The molecule has 1 aliphatic carbocycles. The summed E-state index contributed by atoms with van der Waals surface area (Å²) in [5.41, 5.74) is 0.230. The second-order valence-electron chi connectivity index (χ2n) is 4.69. The summed E-state index contributed by atoms with van der Waals surface area (Å²) in [5.74, 6) is 0.168. The number of Topliss-reactive ketones (excluding diaryl/α,β-unsaturated/α-hetero) is 1. The van der Waals surface area contributed by atoms with Crippen molar-refractivity contribution >= 4 is 27.4 Å². The Labute approximate surface area is 122 Å². The zero-order valence-corrected chi connectivity index (χ0v) is 12.2. The van der Waals surface area contributed by atoms with Crippen LogP contribution in [0.4, 0.5) is 0 Å². The van der Waals surface area contributed by atoms with Crippen LogP contribution in [0.15, 0.2) is 23.1 Å². The highest BCUT2D eigenvalue weighted by molar-refractivity contribution is 7.89. The SMILES string of the molecule is N#Cc1ccc(S(=O)(=O)NC2CCC(=O)CC2)cc1Cl. The molecule has 20 heavy (non-hydrogen) atoms. The van der Waals surface area contributed by atoms with Gasteiger partial charge in [-0.2, -0.15) is 5.26 Å². The highest BCUT2D eigenvalue weighted by atomic mass is 35.5. The summed E-state index contributed by atoms with van der Waals surface area (Å²) >= 11 is 5.84. The van der Waals surface area contributed by atoms with Crippen molar-refractivity contribution in [3.8, 4) is 6.07 Å². The number of hydrogen-bond donors (Lipinski definition) is 1. The number of carbonyl (C=O) groups is 1. The van der Waals surface area contributed by atoms with E-state index in [0.29, 0.717) is 25.7 Å². The number of sulfonamides is 1. The number of halogens is 1. The fourth-order valence-corrected chi connectivity index (χ4v) is 3.72. The second-order valence-corrected chi connectivity index (χ2v) is 6.81. The Morgan fingerprint density at radius 1 is 1.30 bits per heavy atom. The van der Waals surface area contributed by atoms with E-state index in [1.54, 1.807) is 0 Å². The fraction of sp³-hybridized carbons (Fsp3) is 0.385. The second kappa shape index (κ2) is 5.92. The lowest BCUT2D eigenvalue weighted by Crippen LogP contribution is -2.37. The van der Waals surface area contributed by atoms with Gasteiger partial charge in [-0.15, -0.1) is 0 Å². The molecule has 1 aromatic carbocycles. The van der Waals surface area contributed by atoms with Gasteiger partial charge in [0.15, 0.2) is 0 Å². The molecule has 1 fully saturated rings. The molecule has 0 heterocycles. The van der Waals surface area contributed by atoms with Crippen LogP contribution in [0.5, 0.6) is 0 Å². The van der Waals surface area contributed by atoms with E-state index in [4.69, 9.17) is 16.9 Å². The van der Waals surface area contributed by atoms with Crippen LogP contribution in [0, 0.1) is 11.3 Å². The van der Waals surface area contributed by atoms with E-state index in [-0.39, 0.29) is 27.3 Å². The minimum atomic E-state index is -3.68. The summed E-state index contributed by atoms with van der Waals surface area (Å²) in [6.45, 7) is 0. The maximum Gasteiger partial charge on any atom is 0.240 e. The van der Waals surface area contributed by atoms with Gasteiger partial charge in [-0.3, -0.25) is 4.79 Å². The maximum atomic E-state index is 12.2. The first-order valence-electron chi connectivity index (χ1n) is 6.16. The van der Waals surface area contributed by atoms with Crippen LogP contribution in [0.1, 0.15) is 31.2 Å². The zero-order valence-electron chi connectivity index (χ0n) is 10.6. The first-order valence-corrected chi connectivity index (χ1v) is 8.02. The van der Waals surface area contributed by atoms with Crippen molar-refractivity contribution in [2.75, 3.05) is 0 Å². The van der Waals surface area contributed by atoms with Crippen LogP contribution >= 0.6 is 11.6 Å². The molecule has 0 radical (unpaired) electrons. The molecule has 1 N–H and O–H groups in total. The van der Waals surface area contributed by atoms with Gasteiger partial charge in [-0.05, 0) is 31.0 Å². The van der Waals surface area contributed by atoms with Crippen molar-refractivity contribution in [1.82, 2.24) is 4.72 Å². The van der Waals surface area contributed by atoms with Crippen LogP contribution in [0.3, 0.4) is 0 Å². The van der Waals surface area contributed by atoms with Crippen LogP contribution in [-0.2, 0) is 14.8 Å². The first kappa shape index (κ1) is 15.0. The molecular formula is C13H13ClN2O3S. The van der Waals surface area contributed by atoms with Crippen molar-refractivity contribution in [1.29, 1.82) is 5.26 Å². The third-order valence-corrected chi connectivity index (χ3v) is 5.07. The van der Waals surface area contributed by atoms with Gasteiger partial charge in [0.05, 0.1) is 15.5 Å². The molecule has 1 aliphatic rings. The van der Waals surface area contributed by atoms with Gasteiger partial charge in [0.2, 0.25) is 10.0 Å². The Morgan fingerprint density at radius 3 is 2.50 bits per heavy atom. The normalized spacial score (nSPS) is 16.9. The highest BCUT2D eigenvalue weighted by Crippen LogP contribution is 2.22. The number of nitriles is 1. The van der Waals surface area contributed by atoms with E-state index in [9.17, 15) is 13.2 Å². The Morgan fingerprint density at radius 2 is 1.95 bits per heavy atom. The summed E-state index contributed by atoms with van der Waals surface area (Å²) in [7, 11) is -3.68. The van der Waals surface area contributed by atoms with Crippen LogP contribution < -0.4 is 4.72 Å². The van der Waals surface area contributed by atoms with Crippen molar-refractivity contribution in [2.24, 2.45) is 0 Å². The summed E-state index contributed by atoms with van der Waals surface area (Å²) in [6, 6.07) is 5.63. The van der Waals surface area contributed by atoms with Crippen molar-refractivity contribution in [3.05, 3.63) is 28.8 Å². The summed E-state index contributed by atoms with van der Waals surface area (Å²) in [6.07, 6.45) is 1.84. The van der Waals surface area contributed by atoms with E-state index in [1.165, 1.54) is 18.2 Å². The van der Waals surface area contributed by atoms with E-state index in [2.05, 4.69) is 4.72 Å². The van der Waals surface area contributed by atoms with Crippen LogP contribution in [0.25, 0.3) is 0 Å². The Hall–Kier alpha value is -1.42. The average Bonchev–Trinajstić information content (AvgIpc) is 2.41. The van der Waals surface area contributed by atoms with Gasteiger partial charge in [0.25, 0.3) is 0 Å². The Kier molecular flexibility index (Phi) is 4.43. The third kappa shape index (κ3) is 3.37. The molecule has 0 spiro atoms. The van der Waals surface area contributed by atoms with E-state index < -0.39 is 10.0 Å². The van der Waals surface area contributed by atoms with Gasteiger partial charge in [-0.1, -0.05) is 11.6 Å². The summed E-state index contributed by atoms with van der Waals surface area (Å²) in [5, 5.41) is 8.87. The van der Waals surface area contributed by atoms with Crippen LogP contribution in [0.2, 0.25) is 5.02 Å². The number of hydrogen-bond acceptors (Lipinski definition) is 4. The van der Waals surface area contributed by atoms with Crippen molar-refractivity contribution in [3.63, 3.8) is 0 Å². The number of ketones is 1. The van der Waals surface area contributed by atoms with Gasteiger partial charge >= 0.3 is 0 Å². The Balaban J connectivity index is 2.16.